The number of carbonyl (C=O) groups is 2. The van der Waals surface area contributed by atoms with Crippen LogP contribution in [0.15, 0.2) is 17.0 Å². The zero-order valence-electron chi connectivity index (χ0n) is 11.6. The number of carbonyl (C=O) groups excluding carboxylic acids is 1. The minimum Gasteiger partial charge on any atom is -0.478 e. The lowest BCUT2D eigenvalue weighted by Gasteiger charge is -2.12. The SMILES string of the molecule is Cc1cc(C(=O)O)cc(S(=O)(=O)NNC(=O)C(C)C)c1Cl. The molecule has 3 N–H and O–H groups in total. The Morgan fingerprint density at radius 1 is 1.29 bits per heavy atom. The molecule has 0 fully saturated rings. The number of hydrogen-bond acceptors (Lipinski definition) is 4. The molecule has 1 rings (SSSR count). The molecule has 0 radical (unpaired) electrons. The van der Waals surface area contributed by atoms with Crippen LogP contribution in [-0.4, -0.2) is 25.4 Å². The number of halogens is 1. The van der Waals surface area contributed by atoms with Crippen LogP contribution >= 0.6 is 11.6 Å². The van der Waals surface area contributed by atoms with Crippen molar-refractivity contribution in [2.45, 2.75) is 25.7 Å². The molecule has 0 aliphatic carbocycles. The molecule has 0 bridgehead atoms. The Hall–Kier alpha value is -1.64. The van der Waals surface area contributed by atoms with E-state index in [1.807, 2.05) is 10.3 Å². The van der Waals surface area contributed by atoms with Gasteiger partial charge in [0.1, 0.15) is 4.90 Å². The van der Waals surface area contributed by atoms with Gasteiger partial charge in [-0.3, -0.25) is 10.2 Å². The Labute approximate surface area is 127 Å². The first-order valence-corrected chi connectivity index (χ1v) is 7.77. The average Bonchev–Trinajstić information content (AvgIpc) is 2.38. The summed E-state index contributed by atoms with van der Waals surface area (Å²) in [5.41, 5.74) is 2.12. The zero-order chi connectivity index (χ0) is 16.4. The number of carboxylic acid groups (broad SMARTS) is 1. The zero-order valence-corrected chi connectivity index (χ0v) is 13.2. The van der Waals surface area contributed by atoms with Gasteiger partial charge in [0.05, 0.1) is 10.6 Å². The minimum atomic E-state index is -4.18. The van der Waals surface area contributed by atoms with Crippen LogP contribution in [0, 0.1) is 12.8 Å². The lowest BCUT2D eigenvalue weighted by atomic mass is 10.1. The van der Waals surface area contributed by atoms with Gasteiger partial charge < -0.3 is 5.11 Å². The third-order valence-corrected chi connectivity index (χ3v) is 4.48. The normalized spacial score (nSPS) is 11.5. The maximum atomic E-state index is 12.1. The van der Waals surface area contributed by atoms with Crippen LogP contribution in [0.1, 0.15) is 29.8 Å². The van der Waals surface area contributed by atoms with E-state index in [0.717, 1.165) is 6.07 Å². The van der Waals surface area contributed by atoms with Gasteiger partial charge in [-0.1, -0.05) is 25.4 Å². The second-order valence-corrected chi connectivity index (χ2v) is 6.69. The number of rotatable bonds is 5. The average molecular weight is 335 g/mol. The molecule has 0 saturated carbocycles. The van der Waals surface area contributed by atoms with Gasteiger partial charge in [0.15, 0.2) is 0 Å². The minimum absolute atomic E-state index is 0.105. The highest BCUT2D eigenvalue weighted by atomic mass is 35.5. The Morgan fingerprint density at radius 3 is 2.33 bits per heavy atom. The highest BCUT2D eigenvalue weighted by Crippen LogP contribution is 2.26. The van der Waals surface area contributed by atoms with Crippen molar-refractivity contribution in [1.29, 1.82) is 0 Å². The van der Waals surface area contributed by atoms with E-state index < -0.39 is 32.7 Å². The summed E-state index contributed by atoms with van der Waals surface area (Å²) >= 11 is 5.91. The number of amides is 1. The van der Waals surface area contributed by atoms with E-state index in [1.165, 1.54) is 13.0 Å². The summed E-state index contributed by atoms with van der Waals surface area (Å²) in [6.07, 6.45) is 0. The summed E-state index contributed by atoms with van der Waals surface area (Å²) in [5, 5.41) is 8.85. The first-order chi connectivity index (χ1) is 9.56. The lowest BCUT2D eigenvalue weighted by molar-refractivity contribution is -0.124. The predicted molar refractivity (Wildman–Crippen MR) is 76.5 cm³/mol. The number of aryl methyl sites for hydroxylation is 1. The molecular weight excluding hydrogens is 320 g/mol. The summed E-state index contributed by atoms with van der Waals surface area (Å²) in [7, 11) is -4.18. The molecule has 0 aliphatic rings. The number of carboxylic acids is 1. The summed E-state index contributed by atoms with van der Waals surface area (Å²) in [5.74, 6) is -2.23. The van der Waals surface area contributed by atoms with Crippen molar-refractivity contribution >= 4 is 33.5 Å². The third kappa shape index (κ3) is 4.16. The van der Waals surface area contributed by atoms with E-state index in [4.69, 9.17) is 16.7 Å². The molecule has 0 aromatic heterocycles. The number of benzene rings is 1. The molecular formula is C12H15ClN2O5S. The molecule has 7 nitrogen and oxygen atoms in total. The first kappa shape index (κ1) is 17.4. The number of hydrazine groups is 1. The van der Waals surface area contributed by atoms with Gasteiger partial charge in [0.25, 0.3) is 10.0 Å². The monoisotopic (exact) mass is 334 g/mol. The smallest absolute Gasteiger partial charge is 0.335 e. The number of nitrogens with one attached hydrogen (secondary N) is 2. The number of sulfonamides is 1. The molecule has 0 saturated heterocycles. The Bertz CT molecular complexity index is 685. The number of hydrogen-bond donors (Lipinski definition) is 3. The van der Waals surface area contributed by atoms with Crippen LogP contribution in [0.25, 0.3) is 0 Å². The quantitative estimate of drug-likeness (QED) is 0.703. The summed E-state index contributed by atoms with van der Waals surface area (Å²) in [6, 6.07) is 2.19. The van der Waals surface area contributed by atoms with Gasteiger partial charge in [-0.25, -0.2) is 13.2 Å². The molecule has 0 aliphatic heterocycles. The van der Waals surface area contributed by atoms with Crippen molar-refractivity contribution < 1.29 is 23.1 Å². The van der Waals surface area contributed by atoms with E-state index in [1.54, 1.807) is 13.8 Å². The van der Waals surface area contributed by atoms with E-state index in [-0.39, 0.29) is 10.6 Å². The molecule has 0 spiro atoms. The largest absolute Gasteiger partial charge is 0.478 e. The van der Waals surface area contributed by atoms with E-state index in [2.05, 4.69) is 0 Å². The molecule has 0 atom stereocenters. The third-order valence-electron chi connectivity index (χ3n) is 2.59. The standard InChI is InChI=1S/C12H15ClN2O5S/c1-6(2)11(16)14-15-21(19,20)9-5-8(12(17)18)4-7(3)10(9)13/h4-6,15H,1-3H3,(H,14,16)(H,17,18). The molecule has 1 amide bonds. The highest BCUT2D eigenvalue weighted by Gasteiger charge is 2.23. The van der Waals surface area contributed by atoms with E-state index >= 15 is 0 Å². The van der Waals surface area contributed by atoms with E-state index in [0.29, 0.717) is 5.56 Å². The van der Waals surface area contributed by atoms with Gasteiger partial charge in [-0.05, 0) is 24.6 Å². The molecule has 1 aromatic carbocycles. The number of aromatic carboxylic acids is 1. The fraction of sp³-hybridized carbons (Fsp3) is 0.333. The topological polar surface area (TPSA) is 113 Å². The maximum absolute atomic E-state index is 12.1. The van der Waals surface area contributed by atoms with Gasteiger partial charge in [0, 0.05) is 5.92 Å². The van der Waals surface area contributed by atoms with E-state index in [9.17, 15) is 18.0 Å². The van der Waals surface area contributed by atoms with Crippen molar-refractivity contribution in [3.63, 3.8) is 0 Å². The molecule has 9 heteroatoms. The molecule has 116 valence electrons. The van der Waals surface area contributed by atoms with Crippen LogP contribution < -0.4 is 10.3 Å². The molecule has 0 unspecified atom stereocenters. The van der Waals surface area contributed by atoms with Crippen LogP contribution in [0.5, 0.6) is 0 Å². The van der Waals surface area contributed by atoms with Crippen LogP contribution in [-0.2, 0) is 14.8 Å². The van der Waals surface area contributed by atoms with Crippen molar-refractivity contribution in [2.24, 2.45) is 5.92 Å². The van der Waals surface area contributed by atoms with Gasteiger partial charge in [0.2, 0.25) is 5.91 Å². The van der Waals surface area contributed by atoms with Crippen LogP contribution in [0.4, 0.5) is 0 Å². The van der Waals surface area contributed by atoms with Crippen LogP contribution in [0.2, 0.25) is 5.02 Å². The fourth-order valence-electron chi connectivity index (χ4n) is 1.37. The molecule has 21 heavy (non-hydrogen) atoms. The Balaban J connectivity index is 3.19. The molecule has 0 heterocycles. The van der Waals surface area contributed by atoms with Crippen molar-refractivity contribution in [2.75, 3.05) is 0 Å². The summed E-state index contributed by atoms with van der Waals surface area (Å²) in [6.45, 7) is 4.66. The summed E-state index contributed by atoms with van der Waals surface area (Å²) in [4.78, 5) is 23.8. The maximum Gasteiger partial charge on any atom is 0.335 e. The van der Waals surface area contributed by atoms with Gasteiger partial charge in [-0.2, -0.15) is 0 Å². The van der Waals surface area contributed by atoms with Gasteiger partial charge >= 0.3 is 5.97 Å². The second-order valence-electron chi connectivity index (χ2n) is 4.66. The Kier molecular flexibility index (Phi) is 5.32. The molecule has 1 aromatic rings. The predicted octanol–water partition coefficient (Wildman–Crippen LogP) is 1.31. The summed E-state index contributed by atoms with van der Waals surface area (Å²) < 4.78 is 24.2. The van der Waals surface area contributed by atoms with Crippen molar-refractivity contribution in [3.05, 3.63) is 28.3 Å². The second kappa shape index (κ2) is 6.42. The van der Waals surface area contributed by atoms with Crippen molar-refractivity contribution in [3.8, 4) is 0 Å². The van der Waals surface area contributed by atoms with Gasteiger partial charge in [-0.15, -0.1) is 4.83 Å². The fourth-order valence-corrected chi connectivity index (χ4v) is 2.81. The Morgan fingerprint density at radius 2 is 1.86 bits per heavy atom. The first-order valence-electron chi connectivity index (χ1n) is 5.91. The highest BCUT2D eigenvalue weighted by molar-refractivity contribution is 7.89. The lowest BCUT2D eigenvalue weighted by Crippen LogP contribution is -2.43. The van der Waals surface area contributed by atoms with Crippen molar-refractivity contribution in [1.82, 2.24) is 10.3 Å². The van der Waals surface area contributed by atoms with Crippen LogP contribution in [0.3, 0.4) is 0 Å².